The maximum atomic E-state index is 13.4. The third-order valence-electron chi connectivity index (χ3n) is 3.04. The van der Waals surface area contributed by atoms with Crippen LogP contribution in [-0.2, 0) is 4.79 Å². The quantitative estimate of drug-likeness (QED) is 0.889. The summed E-state index contributed by atoms with van der Waals surface area (Å²) in [5, 5.41) is 1.63. The van der Waals surface area contributed by atoms with Gasteiger partial charge < -0.3 is 9.73 Å². The predicted molar refractivity (Wildman–Crippen MR) is 66.6 cm³/mol. The number of hydrogen-bond donors (Lipinski definition) is 1. The Balaban J connectivity index is 1.98. The maximum Gasteiger partial charge on any atom is 0.442 e. The molecule has 0 spiro atoms. The van der Waals surface area contributed by atoms with Crippen molar-refractivity contribution in [3.63, 3.8) is 0 Å². The first-order valence-electron chi connectivity index (χ1n) is 5.82. The number of carbonyl (C=O) groups is 2. The number of hydrogen-bond acceptors (Lipinski definition) is 5. The van der Waals surface area contributed by atoms with E-state index in [-0.39, 0.29) is 17.5 Å². The molecule has 112 valence electrons. The van der Waals surface area contributed by atoms with E-state index in [2.05, 4.69) is 4.99 Å². The van der Waals surface area contributed by atoms with Crippen LogP contribution in [0.4, 0.5) is 13.2 Å². The van der Waals surface area contributed by atoms with E-state index in [4.69, 9.17) is 4.42 Å². The minimum Gasteiger partial charge on any atom is -0.459 e. The van der Waals surface area contributed by atoms with Gasteiger partial charge in [-0.3, -0.25) is 14.5 Å². The van der Waals surface area contributed by atoms with Gasteiger partial charge in [-0.1, -0.05) is 11.8 Å². The zero-order valence-corrected chi connectivity index (χ0v) is 11.1. The molecule has 0 saturated carbocycles. The highest BCUT2D eigenvalue weighted by atomic mass is 32.2. The minimum absolute atomic E-state index is 0.0305. The first-order chi connectivity index (χ1) is 9.85. The molecule has 0 aliphatic carbocycles. The molecule has 0 radical (unpaired) electrons. The molecule has 2 amide bonds. The molecule has 1 aromatic heterocycles. The Hall–Kier alpha value is -1.97. The molecule has 0 unspecified atom stereocenters. The lowest BCUT2D eigenvalue weighted by atomic mass is 10.1. The lowest BCUT2D eigenvalue weighted by Gasteiger charge is -2.28. The Morgan fingerprint density at radius 2 is 2.29 bits per heavy atom. The molecular weight excluding hydrogens is 311 g/mol. The van der Waals surface area contributed by atoms with Gasteiger partial charge in [-0.05, 0) is 12.1 Å². The number of fused-ring (bicyclic) bond motifs is 1. The largest absolute Gasteiger partial charge is 0.459 e. The summed E-state index contributed by atoms with van der Waals surface area (Å²) in [4.78, 5) is 28.3. The van der Waals surface area contributed by atoms with Crippen LogP contribution in [0.5, 0.6) is 0 Å². The summed E-state index contributed by atoms with van der Waals surface area (Å²) in [5.41, 5.74) is -3.28. The van der Waals surface area contributed by atoms with Crippen molar-refractivity contribution in [1.29, 1.82) is 0 Å². The summed E-state index contributed by atoms with van der Waals surface area (Å²) >= 11 is 1.04. The summed E-state index contributed by atoms with van der Waals surface area (Å²) in [5.74, 6) is -2.30. The van der Waals surface area contributed by atoms with E-state index >= 15 is 0 Å². The van der Waals surface area contributed by atoms with E-state index in [0.29, 0.717) is 5.75 Å². The summed E-state index contributed by atoms with van der Waals surface area (Å²) in [7, 11) is 0. The number of amidine groups is 1. The van der Waals surface area contributed by atoms with Crippen LogP contribution < -0.4 is 5.32 Å². The number of rotatable bonds is 2. The number of furan rings is 1. The fourth-order valence-corrected chi connectivity index (χ4v) is 3.03. The van der Waals surface area contributed by atoms with Crippen molar-refractivity contribution >= 4 is 28.7 Å². The molecule has 1 atom stereocenters. The van der Waals surface area contributed by atoms with Crippen LogP contribution in [0.15, 0.2) is 27.8 Å². The molecule has 3 rings (SSSR count). The zero-order chi connectivity index (χ0) is 15.3. The molecule has 21 heavy (non-hydrogen) atoms. The van der Waals surface area contributed by atoms with E-state index in [1.807, 2.05) is 0 Å². The van der Waals surface area contributed by atoms with E-state index in [0.717, 1.165) is 22.9 Å². The molecule has 1 aromatic rings. The number of alkyl halides is 3. The Labute approximate surface area is 120 Å². The van der Waals surface area contributed by atoms with Gasteiger partial charge in [-0.2, -0.15) is 13.2 Å². The molecular formula is C11H8F3N3O3S. The van der Waals surface area contributed by atoms with Gasteiger partial charge >= 0.3 is 11.8 Å². The van der Waals surface area contributed by atoms with Crippen molar-refractivity contribution in [2.24, 2.45) is 4.99 Å². The molecule has 0 aromatic carbocycles. The van der Waals surface area contributed by atoms with E-state index in [9.17, 15) is 22.8 Å². The molecule has 2 aliphatic heterocycles. The van der Waals surface area contributed by atoms with Gasteiger partial charge in [-0.25, -0.2) is 4.99 Å². The standard InChI is InChI=1S/C11H8F3N3O3S/c12-11(13,14)10(15-7(18)6-2-1-4-20-6)8(19)17-3-5-21-9(17)16-10/h1-2,4H,3,5H2,(H,15,18)/t10-/m0/s1. The smallest absolute Gasteiger partial charge is 0.442 e. The zero-order valence-electron chi connectivity index (χ0n) is 10.3. The van der Waals surface area contributed by atoms with Gasteiger partial charge in [0.2, 0.25) is 0 Å². The van der Waals surface area contributed by atoms with Gasteiger partial charge in [-0.15, -0.1) is 0 Å². The van der Waals surface area contributed by atoms with Crippen molar-refractivity contribution < 1.29 is 27.2 Å². The van der Waals surface area contributed by atoms with Crippen molar-refractivity contribution in [1.82, 2.24) is 10.2 Å². The van der Waals surface area contributed by atoms with Gasteiger partial charge in [0.25, 0.3) is 11.8 Å². The third kappa shape index (κ3) is 2.01. The van der Waals surface area contributed by atoms with Crippen LogP contribution >= 0.6 is 11.8 Å². The first kappa shape index (κ1) is 14.0. The van der Waals surface area contributed by atoms with Gasteiger partial charge in [0.1, 0.15) is 0 Å². The second kappa shape index (κ2) is 4.52. The topological polar surface area (TPSA) is 74.9 Å². The van der Waals surface area contributed by atoms with E-state index < -0.39 is 23.7 Å². The van der Waals surface area contributed by atoms with Crippen LogP contribution in [0.25, 0.3) is 0 Å². The van der Waals surface area contributed by atoms with Gasteiger partial charge in [0, 0.05) is 12.3 Å². The highest BCUT2D eigenvalue weighted by Crippen LogP contribution is 2.40. The lowest BCUT2D eigenvalue weighted by molar-refractivity contribution is -0.196. The van der Waals surface area contributed by atoms with Gasteiger partial charge in [0.05, 0.1) is 6.26 Å². The average Bonchev–Trinajstić information content (AvgIpc) is 3.08. The molecule has 2 aliphatic rings. The number of nitrogens with zero attached hydrogens (tertiary/aromatic N) is 2. The molecule has 1 N–H and O–H groups in total. The number of aliphatic imine (C=N–C) groups is 1. The Morgan fingerprint density at radius 3 is 2.86 bits per heavy atom. The van der Waals surface area contributed by atoms with E-state index in [1.165, 1.54) is 12.1 Å². The average molecular weight is 319 g/mol. The normalized spacial score (nSPS) is 25.0. The van der Waals surface area contributed by atoms with Crippen LogP contribution in [0.2, 0.25) is 0 Å². The van der Waals surface area contributed by atoms with Crippen molar-refractivity contribution in [3.8, 4) is 0 Å². The number of thioether (sulfide) groups is 1. The molecule has 10 heteroatoms. The SMILES string of the molecule is O=C(N[C@]1(C(F)(F)F)N=C2SCCN2C1=O)c1ccco1. The molecule has 3 heterocycles. The minimum atomic E-state index is -5.05. The lowest BCUT2D eigenvalue weighted by Crippen LogP contribution is -2.63. The maximum absolute atomic E-state index is 13.4. The van der Waals surface area contributed by atoms with Crippen molar-refractivity contribution in [2.45, 2.75) is 11.8 Å². The van der Waals surface area contributed by atoms with Crippen molar-refractivity contribution in [2.75, 3.05) is 12.3 Å². The molecule has 6 nitrogen and oxygen atoms in total. The van der Waals surface area contributed by atoms with Crippen LogP contribution in [-0.4, -0.2) is 46.0 Å². The number of halogens is 3. The van der Waals surface area contributed by atoms with E-state index in [1.54, 1.807) is 5.32 Å². The fraction of sp³-hybridized carbons (Fsp3) is 0.364. The Kier molecular flexibility index (Phi) is 3.01. The highest BCUT2D eigenvalue weighted by molar-refractivity contribution is 8.14. The monoisotopic (exact) mass is 319 g/mol. The summed E-state index contributed by atoms with van der Waals surface area (Å²) in [6.07, 6.45) is -3.91. The Bertz CT molecular complexity index is 628. The van der Waals surface area contributed by atoms with Crippen LogP contribution in [0.3, 0.4) is 0 Å². The highest BCUT2D eigenvalue weighted by Gasteiger charge is 2.67. The van der Waals surface area contributed by atoms with Crippen LogP contribution in [0.1, 0.15) is 10.6 Å². The summed E-state index contributed by atoms with van der Waals surface area (Å²) in [6.45, 7) is 0.136. The van der Waals surface area contributed by atoms with Gasteiger partial charge in [0.15, 0.2) is 10.9 Å². The first-order valence-corrected chi connectivity index (χ1v) is 6.81. The second-order valence-corrected chi connectivity index (χ2v) is 5.40. The second-order valence-electron chi connectivity index (χ2n) is 4.34. The number of carbonyl (C=O) groups excluding carboxylic acids is 2. The fourth-order valence-electron chi connectivity index (χ4n) is 2.04. The molecule has 0 bridgehead atoms. The predicted octanol–water partition coefficient (Wildman–Crippen LogP) is 1.21. The number of amides is 2. The molecule has 1 saturated heterocycles. The summed E-state index contributed by atoms with van der Waals surface area (Å²) < 4.78 is 44.8. The van der Waals surface area contributed by atoms with Crippen LogP contribution in [0, 0.1) is 0 Å². The summed E-state index contributed by atoms with van der Waals surface area (Å²) in [6, 6.07) is 2.55. The van der Waals surface area contributed by atoms with Crippen molar-refractivity contribution in [3.05, 3.63) is 24.2 Å². The number of nitrogens with one attached hydrogen (secondary N) is 1. The molecule has 1 fully saturated rings. The Morgan fingerprint density at radius 1 is 1.52 bits per heavy atom. The third-order valence-corrected chi connectivity index (χ3v) is 4.00.